The second kappa shape index (κ2) is 5.65. The van der Waals surface area contributed by atoms with Gasteiger partial charge in [0.05, 0.1) is 4.90 Å². The lowest BCUT2D eigenvalue weighted by Crippen LogP contribution is -2.30. The Morgan fingerprint density at radius 3 is 2.19 bits per heavy atom. The molecule has 0 bridgehead atoms. The number of hydrogen-bond acceptors (Lipinski definition) is 3. The number of nitrogens with one attached hydrogen (secondary N) is 1. The highest BCUT2D eigenvalue weighted by Gasteiger charge is 2.19. The number of sulfonamides is 1. The van der Waals surface area contributed by atoms with E-state index in [1.807, 2.05) is 11.6 Å². The molecule has 0 spiro atoms. The Hall–Kier alpha value is -2.21. The van der Waals surface area contributed by atoms with E-state index in [0.717, 1.165) is 23.3 Å². The molecular formula is C15H14FNO3S. The Balaban J connectivity index is 2.26. The van der Waals surface area contributed by atoms with Gasteiger partial charge in [0.25, 0.3) is 15.9 Å². The first kappa shape index (κ1) is 15.2. The van der Waals surface area contributed by atoms with E-state index >= 15 is 0 Å². The Bertz CT molecular complexity index is 783. The van der Waals surface area contributed by atoms with E-state index in [9.17, 15) is 17.6 Å². The zero-order valence-corrected chi connectivity index (χ0v) is 12.4. The van der Waals surface area contributed by atoms with Crippen LogP contribution >= 0.6 is 0 Å². The van der Waals surface area contributed by atoms with E-state index < -0.39 is 21.7 Å². The molecular weight excluding hydrogens is 293 g/mol. The van der Waals surface area contributed by atoms with Gasteiger partial charge in [-0.25, -0.2) is 17.5 Å². The Morgan fingerprint density at radius 2 is 1.62 bits per heavy atom. The fourth-order valence-electron chi connectivity index (χ4n) is 1.72. The first-order chi connectivity index (χ1) is 9.79. The lowest BCUT2D eigenvalue weighted by atomic mass is 10.1. The van der Waals surface area contributed by atoms with Gasteiger partial charge < -0.3 is 0 Å². The molecule has 2 aromatic rings. The van der Waals surface area contributed by atoms with E-state index in [1.165, 1.54) is 24.3 Å². The number of aryl methyl sites for hydroxylation is 2. The third-order valence-electron chi connectivity index (χ3n) is 3.12. The van der Waals surface area contributed by atoms with Crippen LogP contribution in [0.1, 0.15) is 21.5 Å². The predicted octanol–water partition coefficient (Wildman–Crippen LogP) is 2.56. The fraction of sp³-hybridized carbons (Fsp3) is 0.133. The number of halogens is 1. The molecule has 0 saturated heterocycles. The summed E-state index contributed by atoms with van der Waals surface area (Å²) in [5.41, 5.74) is 1.84. The number of carbonyl (C=O) groups excluding carboxylic acids is 1. The summed E-state index contributed by atoms with van der Waals surface area (Å²) in [7, 11) is -3.95. The lowest BCUT2D eigenvalue weighted by Gasteiger charge is -2.08. The maximum absolute atomic E-state index is 12.8. The number of rotatable bonds is 3. The normalized spacial score (nSPS) is 11.2. The highest BCUT2D eigenvalue weighted by molar-refractivity contribution is 7.90. The molecule has 4 nitrogen and oxygen atoms in total. The van der Waals surface area contributed by atoms with Crippen LogP contribution in [0.25, 0.3) is 0 Å². The van der Waals surface area contributed by atoms with Gasteiger partial charge in [-0.05, 0) is 61.4 Å². The number of carbonyl (C=O) groups is 1. The van der Waals surface area contributed by atoms with Crippen molar-refractivity contribution in [1.82, 2.24) is 4.72 Å². The van der Waals surface area contributed by atoms with Gasteiger partial charge in [0.2, 0.25) is 0 Å². The van der Waals surface area contributed by atoms with Crippen LogP contribution in [0.3, 0.4) is 0 Å². The molecule has 0 atom stereocenters. The lowest BCUT2D eigenvalue weighted by molar-refractivity contribution is 0.0981. The molecule has 1 N–H and O–H groups in total. The van der Waals surface area contributed by atoms with Crippen molar-refractivity contribution in [3.63, 3.8) is 0 Å². The van der Waals surface area contributed by atoms with Crippen molar-refractivity contribution in [3.8, 4) is 0 Å². The van der Waals surface area contributed by atoms with Gasteiger partial charge in [0.15, 0.2) is 0 Å². The minimum Gasteiger partial charge on any atom is -0.268 e. The predicted molar refractivity (Wildman–Crippen MR) is 77.0 cm³/mol. The van der Waals surface area contributed by atoms with Crippen molar-refractivity contribution in [2.75, 3.05) is 0 Å². The van der Waals surface area contributed by atoms with Gasteiger partial charge in [-0.2, -0.15) is 0 Å². The van der Waals surface area contributed by atoms with Gasteiger partial charge in [0, 0.05) is 5.56 Å². The molecule has 0 saturated carbocycles. The molecule has 0 fully saturated rings. The first-order valence-electron chi connectivity index (χ1n) is 6.19. The molecule has 6 heteroatoms. The van der Waals surface area contributed by atoms with Gasteiger partial charge in [0.1, 0.15) is 5.82 Å². The van der Waals surface area contributed by atoms with Crippen molar-refractivity contribution >= 4 is 15.9 Å². The smallest absolute Gasteiger partial charge is 0.265 e. The molecule has 2 rings (SSSR count). The fourth-order valence-corrected chi connectivity index (χ4v) is 2.78. The summed E-state index contributed by atoms with van der Waals surface area (Å²) in [6, 6.07) is 9.24. The SMILES string of the molecule is Cc1ccc(S(=O)(=O)NC(=O)c2ccc(F)cc2)cc1C. The minimum atomic E-state index is -3.95. The van der Waals surface area contributed by atoms with Crippen molar-refractivity contribution in [2.24, 2.45) is 0 Å². The highest BCUT2D eigenvalue weighted by Crippen LogP contribution is 2.15. The van der Waals surface area contributed by atoms with Crippen LogP contribution in [-0.2, 0) is 10.0 Å². The number of amides is 1. The van der Waals surface area contributed by atoms with Crippen molar-refractivity contribution in [3.05, 3.63) is 65.0 Å². The standard InChI is InChI=1S/C15H14FNO3S/c1-10-3-8-14(9-11(10)2)21(19,20)17-15(18)12-4-6-13(16)7-5-12/h3-9H,1-2H3,(H,17,18). The Kier molecular flexibility index (Phi) is 4.09. The first-order valence-corrected chi connectivity index (χ1v) is 7.68. The molecule has 0 aliphatic rings. The van der Waals surface area contributed by atoms with Crippen LogP contribution in [0, 0.1) is 19.7 Å². The van der Waals surface area contributed by atoms with Crippen LogP contribution in [0.2, 0.25) is 0 Å². The zero-order valence-electron chi connectivity index (χ0n) is 11.6. The topological polar surface area (TPSA) is 63.2 Å². The van der Waals surface area contributed by atoms with Gasteiger partial charge in [-0.15, -0.1) is 0 Å². The van der Waals surface area contributed by atoms with Crippen LogP contribution in [0.4, 0.5) is 4.39 Å². The average molecular weight is 307 g/mol. The highest BCUT2D eigenvalue weighted by atomic mass is 32.2. The molecule has 0 aliphatic heterocycles. The quantitative estimate of drug-likeness (QED) is 0.948. The van der Waals surface area contributed by atoms with Gasteiger partial charge >= 0.3 is 0 Å². The monoisotopic (exact) mass is 307 g/mol. The summed E-state index contributed by atoms with van der Waals surface area (Å²) in [5.74, 6) is -1.29. The third-order valence-corrected chi connectivity index (χ3v) is 4.45. The number of benzene rings is 2. The summed E-state index contributed by atoms with van der Waals surface area (Å²) in [6.45, 7) is 3.65. The third kappa shape index (κ3) is 3.46. The molecule has 2 aromatic carbocycles. The molecule has 0 aliphatic carbocycles. The molecule has 0 aromatic heterocycles. The molecule has 1 amide bonds. The van der Waals surface area contributed by atoms with Crippen LogP contribution in [0.5, 0.6) is 0 Å². The van der Waals surface area contributed by atoms with Gasteiger partial charge in [-0.1, -0.05) is 6.07 Å². The largest absolute Gasteiger partial charge is 0.268 e. The molecule has 21 heavy (non-hydrogen) atoms. The minimum absolute atomic E-state index is 0.0149. The second-order valence-electron chi connectivity index (χ2n) is 4.69. The molecule has 110 valence electrons. The maximum atomic E-state index is 12.8. The van der Waals surface area contributed by atoms with Crippen molar-refractivity contribution < 1.29 is 17.6 Å². The van der Waals surface area contributed by atoms with Crippen LogP contribution < -0.4 is 4.72 Å². The van der Waals surface area contributed by atoms with E-state index in [4.69, 9.17) is 0 Å². The Labute approximate surface area is 122 Å². The average Bonchev–Trinajstić information content (AvgIpc) is 2.42. The van der Waals surface area contributed by atoms with Crippen LogP contribution in [0.15, 0.2) is 47.4 Å². The summed E-state index contributed by atoms with van der Waals surface area (Å²) in [6.07, 6.45) is 0. The van der Waals surface area contributed by atoms with Gasteiger partial charge in [-0.3, -0.25) is 4.79 Å². The molecule has 0 heterocycles. The summed E-state index contributed by atoms with van der Waals surface area (Å²) >= 11 is 0. The van der Waals surface area contributed by atoms with Crippen LogP contribution in [-0.4, -0.2) is 14.3 Å². The second-order valence-corrected chi connectivity index (χ2v) is 6.37. The molecule has 0 unspecified atom stereocenters. The summed E-state index contributed by atoms with van der Waals surface area (Å²) in [4.78, 5) is 11.9. The number of hydrogen-bond donors (Lipinski definition) is 1. The van der Waals surface area contributed by atoms with E-state index in [1.54, 1.807) is 13.0 Å². The maximum Gasteiger partial charge on any atom is 0.265 e. The summed E-state index contributed by atoms with van der Waals surface area (Å²) < 4.78 is 39.0. The zero-order chi connectivity index (χ0) is 15.6. The van der Waals surface area contributed by atoms with E-state index in [0.29, 0.717) is 0 Å². The molecule has 0 radical (unpaired) electrons. The Morgan fingerprint density at radius 1 is 1.00 bits per heavy atom. The van der Waals surface area contributed by atoms with E-state index in [2.05, 4.69) is 0 Å². The van der Waals surface area contributed by atoms with E-state index in [-0.39, 0.29) is 10.5 Å². The summed E-state index contributed by atoms with van der Waals surface area (Å²) in [5, 5.41) is 0. The van der Waals surface area contributed by atoms with Crippen molar-refractivity contribution in [1.29, 1.82) is 0 Å². The van der Waals surface area contributed by atoms with Crippen molar-refractivity contribution in [2.45, 2.75) is 18.7 Å².